The Kier molecular flexibility index (Phi) is 6.22. The molecule has 0 unspecified atom stereocenters. The van der Waals surface area contributed by atoms with Gasteiger partial charge in [0.05, 0.1) is 19.1 Å². The SMILES string of the molecule is COC/C=C/C(=O)N1CC[C@H](C(C)(C)C)C[C@H]1CC#N. The molecule has 0 bridgehead atoms. The van der Waals surface area contributed by atoms with Gasteiger partial charge in [0, 0.05) is 25.8 Å². The fourth-order valence-electron chi connectivity index (χ4n) is 2.77. The van der Waals surface area contributed by atoms with Crippen LogP contribution in [-0.4, -0.2) is 37.1 Å². The van der Waals surface area contributed by atoms with E-state index in [-0.39, 0.29) is 17.4 Å². The van der Waals surface area contributed by atoms with Gasteiger partial charge in [0.1, 0.15) is 0 Å². The minimum Gasteiger partial charge on any atom is -0.381 e. The van der Waals surface area contributed by atoms with Gasteiger partial charge in [0.25, 0.3) is 0 Å². The zero-order valence-electron chi connectivity index (χ0n) is 13.1. The first kappa shape index (κ1) is 16.7. The molecule has 1 fully saturated rings. The van der Waals surface area contributed by atoms with E-state index in [1.165, 1.54) is 0 Å². The first-order valence-corrected chi connectivity index (χ1v) is 7.23. The molecule has 0 saturated carbocycles. The van der Waals surface area contributed by atoms with E-state index < -0.39 is 0 Å². The van der Waals surface area contributed by atoms with Gasteiger partial charge in [0.15, 0.2) is 0 Å². The largest absolute Gasteiger partial charge is 0.381 e. The summed E-state index contributed by atoms with van der Waals surface area (Å²) >= 11 is 0. The van der Waals surface area contributed by atoms with Gasteiger partial charge in [-0.05, 0) is 24.2 Å². The Balaban J connectivity index is 2.72. The Bertz CT molecular complexity index is 390. The summed E-state index contributed by atoms with van der Waals surface area (Å²) in [5.41, 5.74) is 0.231. The third-order valence-electron chi connectivity index (χ3n) is 4.07. The maximum Gasteiger partial charge on any atom is 0.246 e. The number of nitrogens with zero attached hydrogens (tertiary/aromatic N) is 2. The summed E-state index contributed by atoms with van der Waals surface area (Å²) in [7, 11) is 1.60. The summed E-state index contributed by atoms with van der Waals surface area (Å²) in [4.78, 5) is 14.0. The van der Waals surface area contributed by atoms with Crippen molar-refractivity contribution in [2.75, 3.05) is 20.3 Å². The highest BCUT2D eigenvalue weighted by Crippen LogP contribution is 2.37. The third-order valence-corrected chi connectivity index (χ3v) is 4.07. The zero-order valence-corrected chi connectivity index (χ0v) is 13.1. The highest BCUT2D eigenvalue weighted by molar-refractivity contribution is 5.88. The molecule has 0 aromatic rings. The van der Waals surface area contributed by atoms with E-state index in [1.54, 1.807) is 19.3 Å². The molecule has 4 nitrogen and oxygen atoms in total. The van der Waals surface area contributed by atoms with Crippen LogP contribution in [0.3, 0.4) is 0 Å². The summed E-state index contributed by atoms with van der Waals surface area (Å²) < 4.78 is 4.91. The Hall–Kier alpha value is -1.34. The van der Waals surface area contributed by atoms with Crippen molar-refractivity contribution >= 4 is 5.91 Å². The standard InChI is InChI=1S/C16H26N2O2/c1-16(2,3)13-8-10-18(14(12-13)7-9-17)15(19)6-5-11-20-4/h5-6,13-14H,7-8,10-12H2,1-4H3/b6-5+/t13-,14+/m0/s1. The number of ether oxygens (including phenoxy) is 1. The second kappa shape index (κ2) is 7.44. The molecule has 0 aromatic heterocycles. The van der Waals surface area contributed by atoms with Crippen LogP contribution in [0.5, 0.6) is 0 Å². The lowest BCUT2D eigenvalue weighted by atomic mass is 9.73. The van der Waals surface area contributed by atoms with E-state index in [0.29, 0.717) is 18.9 Å². The molecule has 20 heavy (non-hydrogen) atoms. The molecule has 1 aliphatic heterocycles. The van der Waals surface area contributed by atoms with Gasteiger partial charge < -0.3 is 9.64 Å². The van der Waals surface area contributed by atoms with Crippen molar-refractivity contribution in [3.8, 4) is 6.07 Å². The molecule has 1 heterocycles. The van der Waals surface area contributed by atoms with Gasteiger partial charge in [-0.3, -0.25) is 4.79 Å². The molecule has 0 spiro atoms. The van der Waals surface area contributed by atoms with Crippen molar-refractivity contribution in [2.45, 2.75) is 46.1 Å². The van der Waals surface area contributed by atoms with Crippen molar-refractivity contribution in [2.24, 2.45) is 11.3 Å². The minimum absolute atomic E-state index is 0.00495. The van der Waals surface area contributed by atoms with E-state index in [0.717, 1.165) is 19.4 Å². The first-order valence-electron chi connectivity index (χ1n) is 7.23. The van der Waals surface area contributed by atoms with Crippen LogP contribution >= 0.6 is 0 Å². The number of piperidine rings is 1. The molecular formula is C16H26N2O2. The monoisotopic (exact) mass is 278 g/mol. The van der Waals surface area contributed by atoms with Gasteiger partial charge in [-0.2, -0.15) is 5.26 Å². The minimum atomic E-state index is -0.00495. The number of carbonyl (C=O) groups is 1. The maximum atomic E-state index is 12.2. The summed E-state index contributed by atoms with van der Waals surface area (Å²) in [6.45, 7) is 7.88. The fraction of sp³-hybridized carbons (Fsp3) is 0.750. The molecule has 0 aromatic carbocycles. The van der Waals surface area contributed by atoms with E-state index in [4.69, 9.17) is 10.00 Å². The molecule has 4 heteroatoms. The number of rotatable bonds is 4. The van der Waals surface area contributed by atoms with E-state index >= 15 is 0 Å². The molecule has 1 rings (SSSR count). The normalized spacial score (nSPS) is 23.9. The lowest BCUT2D eigenvalue weighted by Crippen LogP contribution is -2.47. The van der Waals surface area contributed by atoms with Gasteiger partial charge in [0.2, 0.25) is 5.91 Å². The van der Waals surface area contributed by atoms with Crippen LogP contribution in [0.2, 0.25) is 0 Å². The molecular weight excluding hydrogens is 252 g/mol. The van der Waals surface area contributed by atoms with Crippen LogP contribution in [0, 0.1) is 22.7 Å². The molecule has 0 aliphatic carbocycles. The number of carbonyl (C=O) groups excluding carboxylic acids is 1. The third kappa shape index (κ3) is 4.64. The average Bonchev–Trinajstić information content (AvgIpc) is 2.38. The van der Waals surface area contributed by atoms with Crippen LogP contribution < -0.4 is 0 Å². The second-order valence-electron chi connectivity index (χ2n) is 6.49. The molecule has 2 atom stereocenters. The Morgan fingerprint density at radius 3 is 2.75 bits per heavy atom. The highest BCUT2D eigenvalue weighted by atomic mass is 16.5. The van der Waals surface area contributed by atoms with Gasteiger partial charge in [-0.15, -0.1) is 0 Å². The van der Waals surface area contributed by atoms with Gasteiger partial charge in [-0.1, -0.05) is 26.8 Å². The topological polar surface area (TPSA) is 53.3 Å². The Labute approximate surface area is 122 Å². The predicted octanol–water partition coefficient (Wildman–Crippen LogP) is 2.76. The maximum absolute atomic E-state index is 12.2. The predicted molar refractivity (Wildman–Crippen MR) is 78.9 cm³/mol. The van der Waals surface area contributed by atoms with Gasteiger partial charge >= 0.3 is 0 Å². The van der Waals surface area contributed by atoms with Crippen LogP contribution in [0.4, 0.5) is 0 Å². The van der Waals surface area contributed by atoms with Crippen LogP contribution in [-0.2, 0) is 9.53 Å². The number of hydrogen-bond acceptors (Lipinski definition) is 3. The Morgan fingerprint density at radius 2 is 2.20 bits per heavy atom. The number of likely N-dealkylation sites (tertiary alicyclic amines) is 1. The van der Waals surface area contributed by atoms with E-state index in [2.05, 4.69) is 26.8 Å². The number of hydrogen-bond donors (Lipinski definition) is 0. The lowest BCUT2D eigenvalue weighted by molar-refractivity contribution is -0.131. The number of methoxy groups -OCH3 is 1. The van der Waals surface area contributed by atoms with Crippen molar-refractivity contribution in [3.63, 3.8) is 0 Å². The van der Waals surface area contributed by atoms with Crippen molar-refractivity contribution in [1.82, 2.24) is 4.90 Å². The first-order chi connectivity index (χ1) is 9.40. The quantitative estimate of drug-likeness (QED) is 0.743. The van der Waals surface area contributed by atoms with Crippen LogP contribution in [0.15, 0.2) is 12.2 Å². The van der Waals surface area contributed by atoms with Crippen LogP contribution in [0.25, 0.3) is 0 Å². The summed E-state index contributed by atoms with van der Waals surface area (Å²) in [6.07, 6.45) is 5.62. The molecule has 0 N–H and O–H groups in total. The summed E-state index contributed by atoms with van der Waals surface area (Å²) in [5.74, 6) is 0.558. The average molecular weight is 278 g/mol. The number of amides is 1. The van der Waals surface area contributed by atoms with Crippen molar-refractivity contribution < 1.29 is 9.53 Å². The smallest absolute Gasteiger partial charge is 0.246 e. The van der Waals surface area contributed by atoms with Crippen LogP contribution in [0.1, 0.15) is 40.0 Å². The highest BCUT2D eigenvalue weighted by Gasteiger charge is 2.35. The molecule has 0 radical (unpaired) electrons. The molecule has 1 amide bonds. The molecule has 112 valence electrons. The summed E-state index contributed by atoms with van der Waals surface area (Å²) in [5, 5.41) is 9.00. The van der Waals surface area contributed by atoms with E-state index in [1.807, 2.05) is 4.90 Å². The number of nitriles is 1. The van der Waals surface area contributed by atoms with Crippen molar-refractivity contribution in [1.29, 1.82) is 5.26 Å². The van der Waals surface area contributed by atoms with E-state index in [9.17, 15) is 4.79 Å². The molecule has 1 saturated heterocycles. The Morgan fingerprint density at radius 1 is 1.50 bits per heavy atom. The second-order valence-corrected chi connectivity index (χ2v) is 6.49. The van der Waals surface area contributed by atoms with Crippen molar-refractivity contribution in [3.05, 3.63) is 12.2 Å². The fourth-order valence-corrected chi connectivity index (χ4v) is 2.77. The summed E-state index contributed by atoms with van der Waals surface area (Å²) in [6, 6.07) is 2.26. The lowest BCUT2D eigenvalue weighted by Gasteiger charge is -2.43. The molecule has 1 aliphatic rings. The zero-order chi connectivity index (χ0) is 15.2. The van der Waals surface area contributed by atoms with Gasteiger partial charge in [-0.25, -0.2) is 0 Å².